The standard InChI is InChI=1S/C18H17F3/c1-2-11-3-5-12(6-4-11)13-7-8-15-14(9-13)10-16(19)18(21)17(15)20/h2,7-12H,1,3-6H2/t11-,12-. The number of halogens is 3. The summed E-state index contributed by atoms with van der Waals surface area (Å²) in [6, 6.07) is 6.26. The number of fused-ring (bicyclic) bond motifs is 1. The minimum absolute atomic E-state index is 0.137. The van der Waals surface area contributed by atoms with Gasteiger partial charge in [0.05, 0.1) is 0 Å². The molecule has 0 saturated heterocycles. The molecule has 3 heteroatoms. The molecule has 1 saturated carbocycles. The molecular weight excluding hydrogens is 273 g/mol. The van der Waals surface area contributed by atoms with Crippen molar-refractivity contribution in [2.24, 2.45) is 5.92 Å². The van der Waals surface area contributed by atoms with Crippen LogP contribution in [0.15, 0.2) is 36.9 Å². The highest BCUT2D eigenvalue weighted by Gasteiger charge is 2.21. The summed E-state index contributed by atoms with van der Waals surface area (Å²) in [6.45, 7) is 3.83. The molecule has 0 amide bonds. The molecule has 0 bridgehead atoms. The first kappa shape index (κ1) is 14.2. The Morgan fingerprint density at radius 2 is 1.67 bits per heavy atom. The highest BCUT2D eigenvalue weighted by molar-refractivity contribution is 5.84. The van der Waals surface area contributed by atoms with E-state index in [1.165, 1.54) is 0 Å². The van der Waals surface area contributed by atoms with Crippen molar-refractivity contribution in [1.82, 2.24) is 0 Å². The normalized spacial score (nSPS) is 22.4. The Hall–Kier alpha value is -1.77. The van der Waals surface area contributed by atoms with Gasteiger partial charge in [0.1, 0.15) is 0 Å². The third kappa shape index (κ3) is 2.57. The Labute approximate surface area is 122 Å². The molecule has 3 rings (SSSR count). The molecule has 0 spiro atoms. The second kappa shape index (κ2) is 5.55. The van der Waals surface area contributed by atoms with Crippen LogP contribution in [-0.2, 0) is 0 Å². The molecule has 0 N–H and O–H groups in total. The summed E-state index contributed by atoms with van der Waals surface area (Å²) in [5.41, 5.74) is 1.08. The van der Waals surface area contributed by atoms with Gasteiger partial charge in [-0.25, -0.2) is 13.2 Å². The van der Waals surface area contributed by atoms with Gasteiger partial charge in [-0.15, -0.1) is 6.58 Å². The second-order valence-electron chi connectivity index (χ2n) is 5.81. The molecule has 1 aliphatic rings. The van der Waals surface area contributed by atoms with Gasteiger partial charge in [0.2, 0.25) is 0 Å². The van der Waals surface area contributed by atoms with E-state index in [4.69, 9.17) is 0 Å². The van der Waals surface area contributed by atoms with Crippen LogP contribution in [0, 0.1) is 23.4 Å². The lowest BCUT2D eigenvalue weighted by Gasteiger charge is -2.27. The first-order valence-electron chi connectivity index (χ1n) is 7.30. The van der Waals surface area contributed by atoms with E-state index in [0.717, 1.165) is 37.3 Å². The number of hydrogen-bond donors (Lipinski definition) is 0. The van der Waals surface area contributed by atoms with Crippen LogP contribution in [0.3, 0.4) is 0 Å². The van der Waals surface area contributed by atoms with Gasteiger partial charge in [0.25, 0.3) is 0 Å². The molecule has 0 heterocycles. The number of hydrogen-bond acceptors (Lipinski definition) is 0. The lowest BCUT2D eigenvalue weighted by molar-refractivity contribution is 0.376. The average molecular weight is 290 g/mol. The fraction of sp³-hybridized carbons (Fsp3) is 0.333. The maximum Gasteiger partial charge on any atom is 0.195 e. The Morgan fingerprint density at radius 3 is 2.33 bits per heavy atom. The van der Waals surface area contributed by atoms with E-state index < -0.39 is 17.5 Å². The molecule has 0 nitrogen and oxygen atoms in total. The van der Waals surface area contributed by atoms with Gasteiger partial charge < -0.3 is 0 Å². The van der Waals surface area contributed by atoms with Gasteiger partial charge in [-0.2, -0.15) is 0 Å². The predicted octanol–water partition coefficient (Wildman–Crippen LogP) is 5.72. The number of rotatable bonds is 2. The molecule has 0 aliphatic heterocycles. The van der Waals surface area contributed by atoms with Crippen LogP contribution in [0.5, 0.6) is 0 Å². The third-order valence-corrected chi connectivity index (χ3v) is 4.57. The zero-order valence-electron chi connectivity index (χ0n) is 11.7. The van der Waals surface area contributed by atoms with Crippen LogP contribution in [0.25, 0.3) is 10.8 Å². The summed E-state index contributed by atoms with van der Waals surface area (Å²) in [5.74, 6) is -2.66. The molecule has 0 radical (unpaired) electrons. The van der Waals surface area contributed by atoms with Crippen molar-refractivity contribution < 1.29 is 13.2 Å². The molecule has 1 aliphatic carbocycles. The summed E-state index contributed by atoms with van der Waals surface area (Å²) >= 11 is 0. The van der Waals surface area contributed by atoms with Crippen molar-refractivity contribution in [2.45, 2.75) is 31.6 Å². The largest absolute Gasteiger partial charge is 0.204 e. The molecule has 0 atom stereocenters. The van der Waals surface area contributed by atoms with Crippen molar-refractivity contribution in [3.05, 3.63) is 59.9 Å². The van der Waals surface area contributed by atoms with Gasteiger partial charge in [-0.05, 0) is 54.5 Å². The maximum absolute atomic E-state index is 13.7. The van der Waals surface area contributed by atoms with E-state index in [1.807, 2.05) is 12.1 Å². The maximum atomic E-state index is 13.7. The highest BCUT2D eigenvalue weighted by Crippen LogP contribution is 2.37. The average Bonchev–Trinajstić information content (AvgIpc) is 2.52. The van der Waals surface area contributed by atoms with Crippen LogP contribution in [0.2, 0.25) is 0 Å². The lowest BCUT2D eigenvalue weighted by atomic mass is 9.78. The first-order valence-corrected chi connectivity index (χ1v) is 7.30. The molecular formula is C18H17F3. The van der Waals surface area contributed by atoms with Gasteiger partial charge in [0.15, 0.2) is 17.5 Å². The Balaban J connectivity index is 1.95. The Morgan fingerprint density at radius 1 is 0.952 bits per heavy atom. The van der Waals surface area contributed by atoms with E-state index in [-0.39, 0.29) is 5.39 Å². The van der Waals surface area contributed by atoms with Crippen molar-refractivity contribution in [2.75, 3.05) is 0 Å². The van der Waals surface area contributed by atoms with Crippen molar-refractivity contribution in [3.63, 3.8) is 0 Å². The van der Waals surface area contributed by atoms with E-state index in [0.29, 0.717) is 17.2 Å². The van der Waals surface area contributed by atoms with Crippen LogP contribution in [0.4, 0.5) is 13.2 Å². The lowest BCUT2D eigenvalue weighted by Crippen LogP contribution is -2.11. The molecule has 21 heavy (non-hydrogen) atoms. The van der Waals surface area contributed by atoms with Crippen LogP contribution >= 0.6 is 0 Å². The Kier molecular flexibility index (Phi) is 3.75. The van der Waals surface area contributed by atoms with Crippen LogP contribution < -0.4 is 0 Å². The van der Waals surface area contributed by atoms with E-state index >= 15 is 0 Å². The van der Waals surface area contributed by atoms with E-state index in [1.54, 1.807) is 12.1 Å². The molecule has 2 aromatic carbocycles. The monoisotopic (exact) mass is 290 g/mol. The molecule has 1 fully saturated rings. The van der Waals surface area contributed by atoms with Crippen molar-refractivity contribution >= 4 is 10.8 Å². The fourth-order valence-electron chi connectivity index (χ4n) is 3.27. The molecule has 0 aromatic heterocycles. The second-order valence-corrected chi connectivity index (χ2v) is 5.81. The summed E-state index contributed by atoms with van der Waals surface area (Å²) in [6.07, 6.45) is 6.30. The van der Waals surface area contributed by atoms with Gasteiger partial charge >= 0.3 is 0 Å². The summed E-state index contributed by atoms with van der Waals surface area (Å²) < 4.78 is 40.3. The quantitative estimate of drug-likeness (QED) is 0.490. The van der Waals surface area contributed by atoms with Gasteiger partial charge in [-0.3, -0.25) is 0 Å². The zero-order valence-corrected chi connectivity index (χ0v) is 11.7. The number of benzene rings is 2. The van der Waals surface area contributed by atoms with E-state index in [9.17, 15) is 13.2 Å². The van der Waals surface area contributed by atoms with Crippen molar-refractivity contribution in [3.8, 4) is 0 Å². The molecule has 2 aromatic rings. The summed E-state index contributed by atoms with van der Waals surface area (Å²) in [7, 11) is 0. The smallest absolute Gasteiger partial charge is 0.195 e. The highest BCUT2D eigenvalue weighted by atomic mass is 19.2. The van der Waals surface area contributed by atoms with Gasteiger partial charge in [0, 0.05) is 5.39 Å². The van der Waals surface area contributed by atoms with Gasteiger partial charge in [-0.1, -0.05) is 24.3 Å². The topological polar surface area (TPSA) is 0 Å². The first-order chi connectivity index (χ1) is 10.1. The fourth-order valence-corrected chi connectivity index (χ4v) is 3.27. The summed E-state index contributed by atoms with van der Waals surface area (Å²) in [4.78, 5) is 0. The minimum atomic E-state index is -1.40. The third-order valence-electron chi connectivity index (χ3n) is 4.57. The van der Waals surface area contributed by atoms with E-state index in [2.05, 4.69) is 6.58 Å². The number of allylic oxidation sites excluding steroid dienone is 1. The van der Waals surface area contributed by atoms with Crippen molar-refractivity contribution in [1.29, 1.82) is 0 Å². The summed E-state index contributed by atoms with van der Waals surface area (Å²) in [5, 5.41) is 0.562. The Bertz CT molecular complexity index is 682. The minimum Gasteiger partial charge on any atom is -0.204 e. The zero-order chi connectivity index (χ0) is 15.0. The van der Waals surface area contributed by atoms with Crippen LogP contribution in [-0.4, -0.2) is 0 Å². The van der Waals surface area contributed by atoms with Crippen LogP contribution in [0.1, 0.15) is 37.2 Å². The predicted molar refractivity (Wildman–Crippen MR) is 78.7 cm³/mol. The SMILES string of the molecule is C=C[C@H]1CC[C@H](c2ccc3c(F)c(F)c(F)cc3c2)CC1. The molecule has 0 unspecified atom stereocenters. The molecule has 110 valence electrons.